The Morgan fingerprint density at radius 1 is 1.18 bits per heavy atom. The van der Waals surface area contributed by atoms with Crippen molar-refractivity contribution in [1.82, 2.24) is 15.6 Å². The largest absolute Gasteiger partial charge is 0.367 e. The van der Waals surface area contributed by atoms with E-state index in [1.165, 1.54) is 25.7 Å². The van der Waals surface area contributed by atoms with Crippen LogP contribution in [0.4, 0.5) is 11.6 Å². The molecule has 1 aromatic rings. The van der Waals surface area contributed by atoms with Gasteiger partial charge in [0.2, 0.25) is 0 Å². The lowest BCUT2D eigenvalue weighted by Crippen LogP contribution is -2.45. The maximum Gasteiger partial charge on any atom is 0.270 e. The number of hydrogen-bond donors (Lipinski definition) is 4. The molecule has 7 heteroatoms. The van der Waals surface area contributed by atoms with Crippen LogP contribution in [0.15, 0.2) is 12.1 Å². The summed E-state index contributed by atoms with van der Waals surface area (Å²) in [4.78, 5) is 19.8. The maximum atomic E-state index is 12.7. The van der Waals surface area contributed by atoms with E-state index in [1.54, 1.807) is 0 Å². The Kier molecular flexibility index (Phi) is 7.25. The number of piperidine rings is 1. The molecule has 0 spiro atoms. The van der Waals surface area contributed by atoms with Gasteiger partial charge in [0.1, 0.15) is 17.3 Å². The fourth-order valence-corrected chi connectivity index (χ4v) is 3.86. The molecule has 28 heavy (non-hydrogen) atoms. The van der Waals surface area contributed by atoms with Crippen LogP contribution in [0.3, 0.4) is 0 Å². The van der Waals surface area contributed by atoms with Gasteiger partial charge < -0.3 is 20.9 Å². The predicted octanol–water partition coefficient (Wildman–Crippen LogP) is 2.52. The Balaban J connectivity index is 1.77. The molecular weight excluding hydrogens is 352 g/mol. The Morgan fingerprint density at radius 3 is 2.50 bits per heavy atom. The van der Waals surface area contributed by atoms with E-state index < -0.39 is 0 Å². The summed E-state index contributed by atoms with van der Waals surface area (Å²) in [7, 11) is 0. The van der Waals surface area contributed by atoms with Gasteiger partial charge in [-0.25, -0.2) is 4.98 Å². The van der Waals surface area contributed by atoms with E-state index in [9.17, 15) is 4.79 Å². The highest BCUT2D eigenvalue weighted by Gasteiger charge is 2.22. The Bertz CT molecular complexity index is 675. The fourth-order valence-electron chi connectivity index (χ4n) is 3.86. The molecule has 154 valence electrons. The average Bonchev–Trinajstić information content (AvgIpc) is 2.97. The molecule has 0 bridgehead atoms. The van der Waals surface area contributed by atoms with Gasteiger partial charge in [-0.3, -0.25) is 10.2 Å². The minimum Gasteiger partial charge on any atom is -0.367 e. The van der Waals surface area contributed by atoms with Crippen LogP contribution in [-0.4, -0.2) is 54.9 Å². The first-order valence-corrected chi connectivity index (χ1v) is 10.7. The summed E-state index contributed by atoms with van der Waals surface area (Å²) in [5.41, 5.74) is 0.551. The summed E-state index contributed by atoms with van der Waals surface area (Å²) in [6.45, 7) is 7.93. The van der Waals surface area contributed by atoms with Gasteiger partial charge in [0, 0.05) is 30.7 Å². The standard InChI is InChI=1S/C21H34N6O/c1-15(2)24-20-17(19(22)21(28)25-16-9-11-23-12-10-16)7-8-18(26-20)27-13-5-3-4-6-14-27/h7-8,15-16,22-23H,3-6,9-14H2,1-2H3,(H,24,26)(H,25,28). The van der Waals surface area contributed by atoms with Crippen molar-refractivity contribution in [2.75, 3.05) is 36.4 Å². The molecule has 0 radical (unpaired) electrons. The van der Waals surface area contributed by atoms with E-state index in [2.05, 4.69) is 20.9 Å². The number of nitrogens with one attached hydrogen (secondary N) is 4. The van der Waals surface area contributed by atoms with Gasteiger partial charge in [0.15, 0.2) is 0 Å². The van der Waals surface area contributed by atoms with Crippen LogP contribution >= 0.6 is 0 Å². The number of hydrogen-bond acceptors (Lipinski definition) is 6. The molecule has 7 nitrogen and oxygen atoms in total. The van der Waals surface area contributed by atoms with E-state index in [1.807, 2.05) is 26.0 Å². The fraction of sp³-hybridized carbons (Fsp3) is 0.667. The zero-order valence-electron chi connectivity index (χ0n) is 17.2. The van der Waals surface area contributed by atoms with Gasteiger partial charge in [0.05, 0.1) is 0 Å². The molecule has 0 aromatic carbocycles. The minimum absolute atomic E-state index is 0.0170. The van der Waals surface area contributed by atoms with Gasteiger partial charge in [-0.2, -0.15) is 0 Å². The molecule has 3 rings (SSSR count). The van der Waals surface area contributed by atoms with Gasteiger partial charge in [0.25, 0.3) is 5.91 Å². The van der Waals surface area contributed by atoms with Crippen LogP contribution in [0.2, 0.25) is 0 Å². The molecule has 3 heterocycles. The zero-order valence-corrected chi connectivity index (χ0v) is 17.2. The van der Waals surface area contributed by atoms with Crippen molar-refractivity contribution in [3.63, 3.8) is 0 Å². The molecule has 1 amide bonds. The first-order valence-electron chi connectivity index (χ1n) is 10.7. The van der Waals surface area contributed by atoms with Gasteiger partial charge in [-0.05, 0) is 64.8 Å². The molecule has 2 aliphatic heterocycles. The summed E-state index contributed by atoms with van der Waals surface area (Å²) in [5, 5.41) is 18.1. The normalized spacial score (nSPS) is 18.6. The summed E-state index contributed by atoms with van der Waals surface area (Å²) >= 11 is 0. The summed E-state index contributed by atoms with van der Waals surface area (Å²) in [6.07, 6.45) is 6.72. The molecular formula is C21H34N6O. The third-order valence-corrected chi connectivity index (χ3v) is 5.41. The molecule has 1 aromatic heterocycles. The lowest BCUT2D eigenvalue weighted by molar-refractivity contribution is -0.115. The summed E-state index contributed by atoms with van der Waals surface area (Å²) in [6, 6.07) is 4.15. The Morgan fingerprint density at radius 2 is 1.86 bits per heavy atom. The van der Waals surface area contributed by atoms with Crippen molar-refractivity contribution in [2.45, 2.75) is 64.5 Å². The molecule has 2 fully saturated rings. The molecule has 0 unspecified atom stereocenters. The van der Waals surface area contributed by atoms with Crippen molar-refractivity contribution < 1.29 is 4.79 Å². The van der Waals surface area contributed by atoms with Gasteiger partial charge in [-0.15, -0.1) is 0 Å². The van der Waals surface area contributed by atoms with Crippen molar-refractivity contribution in [1.29, 1.82) is 5.41 Å². The van der Waals surface area contributed by atoms with Crippen LogP contribution in [0.1, 0.15) is 57.9 Å². The van der Waals surface area contributed by atoms with Crippen molar-refractivity contribution in [2.24, 2.45) is 0 Å². The highest BCUT2D eigenvalue weighted by atomic mass is 16.1. The Hall–Kier alpha value is -2.15. The Labute approximate surface area is 168 Å². The van der Waals surface area contributed by atoms with E-state index >= 15 is 0 Å². The number of carbonyl (C=O) groups is 1. The lowest BCUT2D eigenvalue weighted by Gasteiger charge is -2.25. The SMILES string of the molecule is CC(C)Nc1nc(N2CCCCCC2)ccc1C(=N)C(=O)NC1CCNCC1. The van der Waals surface area contributed by atoms with Crippen LogP contribution in [0.5, 0.6) is 0 Å². The number of anilines is 2. The molecule has 2 saturated heterocycles. The molecule has 0 saturated carbocycles. The highest BCUT2D eigenvalue weighted by molar-refractivity contribution is 6.45. The third kappa shape index (κ3) is 5.44. The van der Waals surface area contributed by atoms with Gasteiger partial charge >= 0.3 is 0 Å². The number of aromatic nitrogens is 1. The number of nitrogens with zero attached hydrogens (tertiary/aromatic N) is 2. The lowest BCUT2D eigenvalue weighted by atomic mass is 10.1. The van der Waals surface area contributed by atoms with Crippen LogP contribution in [-0.2, 0) is 4.79 Å². The maximum absolute atomic E-state index is 12.7. The minimum atomic E-state index is -0.317. The van der Waals surface area contributed by atoms with Gasteiger partial charge in [-0.1, -0.05) is 12.8 Å². The van der Waals surface area contributed by atoms with Crippen molar-refractivity contribution in [3.8, 4) is 0 Å². The number of carbonyl (C=O) groups excluding carboxylic acids is 1. The summed E-state index contributed by atoms with van der Waals surface area (Å²) in [5.74, 6) is 1.24. The van der Waals surface area contributed by atoms with Crippen LogP contribution < -0.4 is 20.9 Å². The molecule has 0 aliphatic carbocycles. The molecule has 2 aliphatic rings. The zero-order chi connectivity index (χ0) is 19.9. The topological polar surface area (TPSA) is 93.1 Å². The monoisotopic (exact) mass is 386 g/mol. The van der Waals surface area contributed by atoms with E-state index in [-0.39, 0.29) is 23.7 Å². The van der Waals surface area contributed by atoms with E-state index in [0.717, 1.165) is 44.8 Å². The predicted molar refractivity (Wildman–Crippen MR) is 115 cm³/mol. The first-order chi connectivity index (χ1) is 13.5. The third-order valence-electron chi connectivity index (χ3n) is 5.41. The molecule has 4 N–H and O–H groups in total. The van der Waals surface area contributed by atoms with Crippen molar-refractivity contribution in [3.05, 3.63) is 17.7 Å². The second kappa shape index (κ2) is 9.87. The highest BCUT2D eigenvalue weighted by Crippen LogP contribution is 2.23. The number of rotatable bonds is 6. The van der Waals surface area contributed by atoms with E-state index in [0.29, 0.717) is 11.4 Å². The van der Waals surface area contributed by atoms with Crippen molar-refractivity contribution >= 4 is 23.3 Å². The van der Waals surface area contributed by atoms with Crippen LogP contribution in [0.25, 0.3) is 0 Å². The quantitative estimate of drug-likeness (QED) is 0.564. The first kappa shape index (κ1) is 20.6. The number of amides is 1. The second-order valence-corrected chi connectivity index (χ2v) is 8.14. The second-order valence-electron chi connectivity index (χ2n) is 8.14. The van der Waals surface area contributed by atoms with E-state index in [4.69, 9.17) is 10.4 Å². The number of pyridine rings is 1. The van der Waals surface area contributed by atoms with Crippen LogP contribution in [0, 0.1) is 5.41 Å². The molecule has 0 atom stereocenters. The smallest absolute Gasteiger partial charge is 0.270 e. The summed E-state index contributed by atoms with van der Waals surface area (Å²) < 4.78 is 0. The average molecular weight is 387 g/mol.